The first-order chi connectivity index (χ1) is 9.83. The molecule has 2 aromatic rings. The Morgan fingerprint density at radius 1 is 1.05 bits per heavy atom. The van der Waals surface area contributed by atoms with E-state index < -0.39 is 0 Å². The highest BCUT2D eigenvalue weighted by Crippen LogP contribution is 2.12. The summed E-state index contributed by atoms with van der Waals surface area (Å²) in [6, 6.07) is 4.10. The second kappa shape index (κ2) is 5.92. The lowest BCUT2D eigenvalue weighted by Crippen LogP contribution is -2.46. The maximum absolute atomic E-state index is 4.46. The average Bonchev–Trinajstić information content (AvgIpc) is 2.51. The minimum atomic E-state index is 0.772. The van der Waals surface area contributed by atoms with Crippen molar-refractivity contribution >= 4 is 5.95 Å². The zero-order valence-corrected chi connectivity index (χ0v) is 11.6. The number of piperazine rings is 1. The van der Waals surface area contributed by atoms with E-state index in [1.54, 1.807) is 12.7 Å². The SMILES string of the molecule is Cc1cccnc1CN1CCN(c2ncncn2)CC1. The van der Waals surface area contributed by atoms with Crippen LogP contribution in [0.3, 0.4) is 0 Å². The molecule has 3 heterocycles. The maximum Gasteiger partial charge on any atom is 0.228 e. The fraction of sp³-hybridized carbons (Fsp3) is 0.429. The topological polar surface area (TPSA) is 58.0 Å². The number of anilines is 1. The number of hydrogen-bond donors (Lipinski definition) is 0. The number of rotatable bonds is 3. The second-order valence-electron chi connectivity index (χ2n) is 4.97. The first kappa shape index (κ1) is 12.9. The molecule has 0 N–H and O–H groups in total. The van der Waals surface area contributed by atoms with Crippen LogP contribution in [0.1, 0.15) is 11.3 Å². The van der Waals surface area contributed by atoms with E-state index in [4.69, 9.17) is 0 Å². The Kier molecular flexibility index (Phi) is 3.83. The lowest BCUT2D eigenvalue weighted by atomic mass is 10.2. The van der Waals surface area contributed by atoms with E-state index in [9.17, 15) is 0 Å². The zero-order valence-electron chi connectivity index (χ0n) is 11.6. The molecule has 1 fully saturated rings. The van der Waals surface area contributed by atoms with Gasteiger partial charge in [0.2, 0.25) is 5.95 Å². The van der Waals surface area contributed by atoms with Gasteiger partial charge < -0.3 is 4.90 Å². The third-order valence-corrected chi connectivity index (χ3v) is 3.63. The summed E-state index contributed by atoms with van der Waals surface area (Å²) in [5.41, 5.74) is 2.42. The number of pyridine rings is 1. The standard InChI is InChI=1S/C14H18N6/c1-12-3-2-4-16-13(12)9-19-5-7-20(8-6-19)14-17-10-15-11-18-14/h2-4,10-11H,5-9H2,1H3. The van der Waals surface area contributed by atoms with Crippen molar-refractivity contribution in [1.82, 2.24) is 24.8 Å². The van der Waals surface area contributed by atoms with Gasteiger partial charge in [-0.1, -0.05) is 6.07 Å². The monoisotopic (exact) mass is 270 g/mol. The van der Waals surface area contributed by atoms with Crippen LogP contribution in [-0.4, -0.2) is 51.0 Å². The van der Waals surface area contributed by atoms with E-state index in [0.29, 0.717) is 0 Å². The Morgan fingerprint density at radius 3 is 2.50 bits per heavy atom. The highest BCUT2D eigenvalue weighted by molar-refractivity contribution is 5.28. The summed E-state index contributed by atoms with van der Waals surface area (Å²) in [7, 11) is 0. The van der Waals surface area contributed by atoms with Gasteiger partial charge in [-0.25, -0.2) is 15.0 Å². The summed E-state index contributed by atoms with van der Waals surface area (Å²) in [5, 5.41) is 0. The van der Waals surface area contributed by atoms with Crippen molar-refractivity contribution < 1.29 is 0 Å². The second-order valence-corrected chi connectivity index (χ2v) is 4.97. The molecule has 20 heavy (non-hydrogen) atoms. The molecule has 0 aliphatic carbocycles. The summed E-state index contributed by atoms with van der Waals surface area (Å²) < 4.78 is 0. The molecule has 0 bridgehead atoms. The molecule has 0 amide bonds. The predicted octanol–water partition coefficient (Wildman–Crippen LogP) is 0.897. The van der Waals surface area contributed by atoms with Gasteiger partial charge in [-0.05, 0) is 18.6 Å². The van der Waals surface area contributed by atoms with Crippen molar-refractivity contribution in [1.29, 1.82) is 0 Å². The molecule has 3 rings (SSSR count). The molecular formula is C14H18N6. The van der Waals surface area contributed by atoms with Gasteiger partial charge in [0.15, 0.2) is 0 Å². The van der Waals surface area contributed by atoms with Crippen LogP contribution in [0, 0.1) is 6.92 Å². The van der Waals surface area contributed by atoms with Crippen molar-refractivity contribution in [2.24, 2.45) is 0 Å². The molecule has 1 saturated heterocycles. The Labute approximate surface area is 118 Å². The van der Waals surface area contributed by atoms with Crippen molar-refractivity contribution in [3.63, 3.8) is 0 Å². The third kappa shape index (κ3) is 2.91. The van der Waals surface area contributed by atoms with Crippen LogP contribution in [0.2, 0.25) is 0 Å². The Morgan fingerprint density at radius 2 is 1.80 bits per heavy atom. The van der Waals surface area contributed by atoms with E-state index in [0.717, 1.165) is 38.7 Å². The fourth-order valence-electron chi connectivity index (χ4n) is 2.40. The van der Waals surface area contributed by atoms with Crippen LogP contribution in [0.25, 0.3) is 0 Å². The highest BCUT2D eigenvalue weighted by atomic mass is 15.3. The smallest absolute Gasteiger partial charge is 0.228 e. The molecule has 1 aliphatic heterocycles. The van der Waals surface area contributed by atoms with Crippen LogP contribution >= 0.6 is 0 Å². The van der Waals surface area contributed by atoms with Crippen molar-refractivity contribution in [2.75, 3.05) is 31.1 Å². The minimum absolute atomic E-state index is 0.772. The maximum atomic E-state index is 4.46. The van der Waals surface area contributed by atoms with Crippen molar-refractivity contribution in [3.05, 3.63) is 42.2 Å². The molecule has 6 nitrogen and oxygen atoms in total. The molecule has 2 aromatic heterocycles. The molecule has 104 valence electrons. The van der Waals surface area contributed by atoms with Gasteiger partial charge in [0.05, 0.1) is 5.69 Å². The van der Waals surface area contributed by atoms with Gasteiger partial charge in [-0.2, -0.15) is 0 Å². The number of hydrogen-bond acceptors (Lipinski definition) is 6. The van der Waals surface area contributed by atoms with Crippen LogP contribution in [0.5, 0.6) is 0 Å². The molecule has 0 spiro atoms. The summed E-state index contributed by atoms with van der Waals surface area (Å²) in [4.78, 5) is 21.3. The molecule has 0 radical (unpaired) electrons. The van der Waals surface area contributed by atoms with Crippen LogP contribution in [0.4, 0.5) is 5.95 Å². The van der Waals surface area contributed by atoms with Gasteiger partial charge in [0, 0.05) is 38.9 Å². The summed E-state index contributed by atoms with van der Waals surface area (Å²) >= 11 is 0. The normalized spacial score (nSPS) is 16.4. The third-order valence-electron chi connectivity index (χ3n) is 3.63. The van der Waals surface area contributed by atoms with Crippen LogP contribution < -0.4 is 4.90 Å². The van der Waals surface area contributed by atoms with Crippen LogP contribution in [0.15, 0.2) is 31.0 Å². The molecule has 0 aromatic carbocycles. The van der Waals surface area contributed by atoms with Crippen molar-refractivity contribution in [3.8, 4) is 0 Å². The first-order valence-electron chi connectivity index (χ1n) is 6.83. The molecule has 0 unspecified atom stereocenters. The lowest BCUT2D eigenvalue weighted by molar-refractivity contribution is 0.245. The highest BCUT2D eigenvalue weighted by Gasteiger charge is 2.19. The van der Waals surface area contributed by atoms with E-state index in [1.165, 1.54) is 11.3 Å². The molecular weight excluding hydrogens is 252 g/mol. The predicted molar refractivity (Wildman–Crippen MR) is 76.3 cm³/mol. The minimum Gasteiger partial charge on any atom is -0.338 e. The number of aryl methyl sites for hydroxylation is 1. The van der Waals surface area contributed by atoms with Gasteiger partial charge in [0.1, 0.15) is 12.7 Å². The van der Waals surface area contributed by atoms with E-state index >= 15 is 0 Å². The largest absolute Gasteiger partial charge is 0.338 e. The summed E-state index contributed by atoms with van der Waals surface area (Å²) in [6.45, 7) is 6.91. The van der Waals surface area contributed by atoms with Gasteiger partial charge in [0.25, 0.3) is 0 Å². The number of aromatic nitrogens is 4. The summed E-state index contributed by atoms with van der Waals surface area (Å²) in [5.74, 6) is 0.772. The first-order valence-corrected chi connectivity index (χ1v) is 6.83. The van der Waals surface area contributed by atoms with E-state index in [-0.39, 0.29) is 0 Å². The van der Waals surface area contributed by atoms with E-state index in [2.05, 4.69) is 42.7 Å². The Balaban J connectivity index is 1.58. The zero-order chi connectivity index (χ0) is 13.8. The summed E-state index contributed by atoms with van der Waals surface area (Å²) in [6.07, 6.45) is 4.96. The van der Waals surface area contributed by atoms with Gasteiger partial charge in [-0.3, -0.25) is 9.88 Å². The molecule has 1 aliphatic rings. The van der Waals surface area contributed by atoms with Gasteiger partial charge in [-0.15, -0.1) is 0 Å². The van der Waals surface area contributed by atoms with E-state index in [1.807, 2.05) is 12.3 Å². The van der Waals surface area contributed by atoms with Crippen molar-refractivity contribution in [2.45, 2.75) is 13.5 Å². The number of nitrogens with zero attached hydrogens (tertiary/aromatic N) is 6. The Bertz CT molecular complexity index is 551. The fourth-order valence-corrected chi connectivity index (χ4v) is 2.40. The Hall–Kier alpha value is -2.08. The molecule has 6 heteroatoms. The molecule has 0 saturated carbocycles. The average molecular weight is 270 g/mol. The lowest BCUT2D eigenvalue weighted by Gasteiger charge is -2.34. The quantitative estimate of drug-likeness (QED) is 0.826. The van der Waals surface area contributed by atoms with Crippen LogP contribution in [-0.2, 0) is 6.54 Å². The molecule has 0 atom stereocenters. The van der Waals surface area contributed by atoms with Gasteiger partial charge >= 0.3 is 0 Å².